The molecule has 4 aromatic carbocycles. The summed E-state index contributed by atoms with van der Waals surface area (Å²) in [4.78, 5) is 26.4. The van der Waals surface area contributed by atoms with Crippen molar-refractivity contribution >= 4 is 21.9 Å². The van der Waals surface area contributed by atoms with Gasteiger partial charge in [0, 0.05) is 40.5 Å². The summed E-state index contributed by atoms with van der Waals surface area (Å²) >= 11 is 0. The smallest absolute Gasteiger partial charge is 0.344 e. The third kappa shape index (κ3) is 11.6. The van der Waals surface area contributed by atoms with Gasteiger partial charge in [0.05, 0.1) is 43.2 Å². The molecule has 0 aliphatic rings. The predicted molar refractivity (Wildman–Crippen MR) is 241 cm³/mol. The maximum absolute atomic E-state index is 13.2. The van der Waals surface area contributed by atoms with Crippen LogP contribution in [0.3, 0.4) is 0 Å². The Kier molecular flexibility index (Phi) is 13.7. The van der Waals surface area contributed by atoms with Crippen molar-refractivity contribution in [2.75, 3.05) is 27.4 Å². The third-order valence-corrected chi connectivity index (χ3v) is 10.5. The standard InChI is InChI=1S/C51H60O10/c1-32(28-51(8,9)61-46(50(5,6)7)29-49(2,3)4)58-37(30-56-35-22-20-33-24-40(47(52)59-44(33)26-35)38-16-12-14-18-42(38)54-10)31-57-36-23-21-34-25-41(48(53)60-45(34)27-36)39-17-13-15-19-43(39)55-11/h12-27,32,37,46H,28-31H2,1-11H3. The Morgan fingerprint density at radius 3 is 1.46 bits per heavy atom. The molecule has 2 heterocycles. The third-order valence-electron chi connectivity index (χ3n) is 10.5. The lowest BCUT2D eigenvalue weighted by Crippen LogP contribution is -2.42. The molecule has 10 heteroatoms. The van der Waals surface area contributed by atoms with Crippen LogP contribution in [0.5, 0.6) is 23.0 Å². The molecule has 6 aromatic rings. The van der Waals surface area contributed by atoms with Crippen LogP contribution in [0.25, 0.3) is 44.2 Å². The van der Waals surface area contributed by atoms with Gasteiger partial charge < -0.3 is 37.3 Å². The van der Waals surface area contributed by atoms with Crippen molar-refractivity contribution in [3.8, 4) is 45.3 Å². The molecule has 2 aromatic heterocycles. The lowest BCUT2D eigenvalue weighted by molar-refractivity contribution is -0.151. The van der Waals surface area contributed by atoms with Gasteiger partial charge in [0.15, 0.2) is 0 Å². The molecule has 0 saturated heterocycles. The summed E-state index contributed by atoms with van der Waals surface area (Å²) in [6, 6.07) is 29.0. The first-order valence-corrected chi connectivity index (χ1v) is 20.8. The minimum atomic E-state index is -0.537. The Bertz CT molecular complexity index is 2400. The fourth-order valence-electron chi connectivity index (χ4n) is 7.56. The molecule has 0 radical (unpaired) electrons. The van der Waals surface area contributed by atoms with Crippen LogP contribution in [-0.2, 0) is 9.47 Å². The largest absolute Gasteiger partial charge is 0.496 e. The quantitative estimate of drug-likeness (QED) is 0.0822. The number of rotatable bonds is 17. The van der Waals surface area contributed by atoms with E-state index in [-0.39, 0.29) is 36.3 Å². The summed E-state index contributed by atoms with van der Waals surface area (Å²) in [6.07, 6.45) is 0.792. The molecular weight excluding hydrogens is 773 g/mol. The van der Waals surface area contributed by atoms with Crippen LogP contribution in [-0.4, -0.2) is 51.3 Å². The molecule has 0 spiro atoms. The maximum Gasteiger partial charge on any atom is 0.344 e. The van der Waals surface area contributed by atoms with Gasteiger partial charge >= 0.3 is 11.3 Å². The average Bonchev–Trinajstić information content (AvgIpc) is 3.19. The number of fused-ring (bicyclic) bond motifs is 2. The zero-order valence-electron chi connectivity index (χ0n) is 37.4. The minimum absolute atomic E-state index is 0.0367. The van der Waals surface area contributed by atoms with Crippen LogP contribution >= 0.6 is 0 Å². The van der Waals surface area contributed by atoms with E-state index in [1.54, 1.807) is 50.6 Å². The number of ether oxygens (including phenoxy) is 6. The first-order chi connectivity index (χ1) is 28.8. The Hall–Kier alpha value is -5.58. The molecule has 6 rings (SSSR count). The Labute approximate surface area is 358 Å². The molecule has 0 aliphatic carbocycles. The van der Waals surface area contributed by atoms with Crippen LogP contribution in [0.15, 0.2) is 115 Å². The first kappa shape index (κ1) is 45.0. The highest BCUT2D eigenvalue weighted by Crippen LogP contribution is 2.37. The van der Waals surface area contributed by atoms with Crippen molar-refractivity contribution in [1.29, 1.82) is 0 Å². The van der Waals surface area contributed by atoms with Gasteiger partial charge in [-0.2, -0.15) is 0 Å². The molecule has 0 aliphatic heterocycles. The van der Waals surface area contributed by atoms with E-state index >= 15 is 0 Å². The van der Waals surface area contributed by atoms with Gasteiger partial charge in [-0.05, 0) is 86.6 Å². The summed E-state index contributed by atoms with van der Waals surface area (Å²) < 4.78 is 48.8. The summed E-state index contributed by atoms with van der Waals surface area (Å²) in [5.74, 6) is 2.16. The Balaban J connectivity index is 1.22. The average molecular weight is 833 g/mol. The van der Waals surface area contributed by atoms with Gasteiger partial charge in [0.25, 0.3) is 0 Å². The topological polar surface area (TPSA) is 116 Å². The van der Waals surface area contributed by atoms with Gasteiger partial charge in [0.2, 0.25) is 0 Å². The molecule has 324 valence electrons. The second-order valence-electron chi connectivity index (χ2n) is 18.6. The van der Waals surface area contributed by atoms with Crippen molar-refractivity contribution in [2.45, 2.75) is 99.1 Å². The molecule has 2 unspecified atom stereocenters. The molecule has 0 amide bonds. The normalized spacial score (nSPS) is 13.4. The van der Waals surface area contributed by atoms with E-state index in [1.165, 1.54) is 0 Å². The van der Waals surface area contributed by atoms with Crippen LogP contribution in [0.4, 0.5) is 0 Å². The van der Waals surface area contributed by atoms with Gasteiger partial charge in [-0.1, -0.05) is 77.9 Å². The molecule has 0 bridgehead atoms. The molecule has 0 fully saturated rings. The van der Waals surface area contributed by atoms with Gasteiger partial charge in [-0.3, -0.25) is 0 Å². The molecule has 61 heavy (non-hydrogen) atoms. The molecule has 2 atom stereocenters. The second-order valence-corrected chi connectivity index (χ2v) is 18.6. The molecular formula is C51H60O10. The summed E-state index contributed by atoms with van der Waals surface area (Å²) in [6.45, 7) is 19.9. The SMILES string of the molecule is COc1ccccc1-c1cc2ccc(OCC(COc3ccc4cc(-c5ccccc5OC)c(=O)oc4c3)OC(C)CC(C)(C)OC(CC(C)(C)C)C(C)(C)C)cc2oc1=O. The second kappa shape index (κ2) is 18.6. The number of hydrogen-bond donors (Lipinski definition) is 0. The van der Waals surface area contributed by atoms with Crippen molar-refractivity contribution in [3.63, 3.8) is 0 Å². The highest BCUT2D eigenvalue weighted by molar-refractivity contribution is 5.85. The number of methoxy groups -OCH3 is 2. The van der Waals surface area contributed by atoms with E-state index in [0.29, 0.717) is 62.8 Å². The highest BCUT2D eigenvalue weighted by atomic mass is 16.6. The zero-order valence-corrected chi connectivity index (χ0v) is 37.4. The summed E-state index contributed by atoms with van der Waals surface area (Å²) in [5, 5.41) is 1.47. The van der Waals surface area contributed by atoms with Crippen molar-refractivity contribution < 1.29 is 37.3 Å². The Morgan fingerprint density at radius 1 is 0.574 bits per heavy atom. The Morgan fingerprint density at radius 2 is 1.03 bits per heavy atom. The number of benzene rings is 4. The van der Waals surface area contributed by atoms with Gasteiger partial charge in [-0.25, -0.2) is 9.59 Å². The van der Waals surface area contributed by atoms with E-state index in [2.05, 4.69) is 55.4 Å². The maximum atomic E-state index is 13.2. The molecule has 0 saturated carbocycles. The first-order valence-electron chi connectivity index (χ1n) is 20.8. The van der Waals surface area contributed by atoms with Gasteiger partial charge in [0.1, 0.15) is 53.5 Å². The number of para-hydroxylation sites is 2. The van der Waals surface area contributed by atoms with E-state index in [1.807, 2.05) is 67.6 Å². The zero-order chi connectivity index (χ0) is 44.1. The molecule has 0 N–H and O–H groups in total. The molecule has 10 nitrogen and oxygen atoms in total. The van der Waals surface area contributed by atoms with Crippen LogP contribution < -0.4 is 30.2 Å². The lowest BCUT2D eigenvalue weighted by atomic mass is 9.78. The van der Waals surface area contributed by atoms with Crippen molar-refractivity contribution in [3.05, 3.63) is 118 Å². The highest BCUT2D eigenvalue weighted by Gasteiger charge is 2.36. The van der Waals surface area contributed by atoms with E-state index in [9.17, 15) is 9.59 Å². The fourth-order valence-corrected chi connectivity index (χ4v) is 7.56. The van der Waals surface area contributed by atoms with Crippen LogP contribution in [0, 0.1) is 10.8 Å². The van der Waals surface area contributed by atoms with Crippen molar-refractivity contribution in [1.82, 2.24) is 0 Å². The predicted octanol–water partition coefficient (Wildman–Crippen LogP) is 11.5. The number of hydrogen-bond acceptors (Lipinski definition) is 10. The van der Waals surface area contributed by atoms with Crippen LogP contribution in [0.2, 0.25) is 0 Å². The summed E-state index contributed by atoms with van der Waals surface area (Å²) in [5.41, 5.74) is 1.47. The van der Waals surface area contributed by atoms with E-state index in [4.69, 9.17) is 37.3 Å². The lowest BCUT2D eigenvalue weighted by Gasteiger charge is -2.41. The van der Waals surface area contributed by atoms with E-state index in [0.717, 1.165) is 17.2 Å². The van der Waals surface area contributed by atoms with Gasteiger partial charge in [-0.15, -0.1) is 0 Å². The minimum Gasteiger partial charge on any atom is -0.496 e. The van der Waals surface area contributed by atoms with Crippen molar-refractivity contribution in [2.24, 2.45) is 10.8 Å². The van der Waals surface area contributed by atoms with Crippen LogP contribution in [0.1, 0.15) is 75.2 Å². The monoisotopic (exact) mass is 832 g/mol. The summed E-state index contributed by atoms with van der Waals surface area (Å²) in [7, 11) is 3.14. The van der Waals surface area contributed by atoms with E-state index < -0.39 is 23.0 Å². The fraction of sp³-hybridized carbons (Fsp3) is 0.412.